The van der Waals surface area contributed by atoms with Crippen LogP contribution in [0.25, 0.3) is 0 Å². The van der Waals surface area contributed by atoms with E-state index >= 15 is 0 Å². The van der Waals surface area contributed by atoms with E-state index < -0.39 is 23.6 Å². The monoisotopic (exact) mass is 296 g/mol. The van der Waals surface area contributed by atoms with Gasteiger partial charge in [-0.2, -0.15) is 0 Å². The predicted octanol–water partition coefficient (Wildman–Crippen LogP) is 2.88. The van der Waals surface area contributed by atoms with Crippen molar-refractivity contribution in [3.63, 3.8) is 0 Å². The Morgan fingerprint density at radius 3 is 2.48 bits per heavy atom. The quantitative estimate of drug-likeness (QED) is 0.892. The van der Waals surface area contributed by atoms with E-state index in [1.807, 2.05) is 0 Å². The number of aliphatic hydroxyl groups is 1. The molecule has 0 radical (unpaired) electrons. The molecule has 0 saturated heterocycles. The summed E-state index contributed by atoms with van der Waals surface area (Å²) >= 11 is 0. The second-order valence-corrected chi connectivity index (χ2v) is 4.72. The SMILES string of the molecule is CC(NCC(O)c1c(F)cccc1F)c1cncc(F)c1. The molecule has 0 aliphatic rings. The van der Waals surface area contributed by atoms with Gasteiger partial charge >= 0.3 is 0 Å². The number of pyridine rings is 1. The predicted molar refractivity (Wildman–Crippen MR) is 71.9 cm³/mol. The molecule has 2 atom stereocenters. The zero-order valence-electron chi connectivity index (χ0n) is 11.4. The van der Waals surface area contributed by atoms with E-state index in [0.717, 1.165) is 18.3 Å². The third kappa shape index (κ3) is 3.80. The highest BCUT2D eigenvalue weighted by atomic mass is 19.1. The standard InChI is InChI=1S/C15H15F3N2O/c1-9(10-5-11(16)7-19-6-10)20-8-14(21)15-12(17)3-2-4-13(15)18/h2-7,9,14,20-21H,8H2,1H3. The molecule has 6 heteroatoms. The molecule has 2 rings (SSSR count). The van der Waals surface area contributed by atoms with Gasteiger partial charge in [-0.05, 0) is 30.7 Å². The van der Waals surface area contributed by atoms with E-state index in [0.29, 0.717) is 5.56 Å². The van der Waals surface area contributed by atoms with Crippen LogP contribution in [-0.4, -0.2) is 16.6 Å². The van der Waals surface area contributed by atoms with E-state index in [2.05, 4.69) is 10.3 Å². The van der Waals surface area contributed by atoms with Crippen LogP contribution >= 0.6 is 0 Å². The highest BCUT2D eigenvalue weighted by molar-refractivity contribution is 5.22. The molecule has 0 aliphatic carbocycles. The fourth-order valence-corrected chi connectivity index (χ4v) is 2.00. The molecule has 0 spiro atoms. The Bertz CT molecular complexity index is 601. The van der Waals surface area contributed by atoms with Crippen LogP contribution in [-0.2, 0) is 0 Å². The van der Waals surface area contributed by atoms with Gasteiger partial charge in [0.25, 0.3) is 0 Å². The van der Waals surface area contributed by atoms with Crippen LogP contribution in [0.5, 0.6) is 0 Å². The largest absolute Gasteiger partial charge is 0.387 e. The highest BCUT2D eigenvalue weighted by Gasteiger charge is 2.18. The van der Waals surface area contributed by atoms with Gasteiger partial charge in [-0.3, -0.25) is 4.98 Å². The molecule has 2 unspecified atom stereocenters. The van der Waals surface area contributed by atoms with Gasteiger partial charge in [0.1, 0.15) is 17.5 Å². The first kappa shape index (κ1) is 15.5. The fourth-order valence-electron chi connectivity index (χ4n) is 2.00. The molecule has 0 aliphatic heterocycles. The third-order valence-electron chi connectivity index (χ3n) is 3.18. The second-order valence-electron chi connectivity index (χ2n) is 4.72. The number of nitrogens with one attached hydrogen (secondary N) is 1. The average Bonchev–Trinajstić information content (AvgIpc) is 2.44. The van der Waals surface area contributed by atoms with Crippen molar-refractivity contribution in [1.82, 2.24) is 10.3 Å². The number of aromatic nitrogens is 1. The molecule has 21 heavy (non-hydrogen) atoms. The average molecular weight is 296 g/mol. The minimum absolute atomic E-state index is 0.0739. The van der Waals surface area contributed by atoms with Crippen LogP contribution in [0.2, 0.25) is 0 Å². The molecule has 0 fully saturated rings. The number of aliphatic hydroxyl groups excluding tert-OH is 1. The molecule has 2 N–H and O–H groups in total. The van der Waals surface area contributed by atoms with Crippen LogP contribution in [0.1, 0.15) is 30.2 Å². The molecule has 0 saturated carbocycles. The van der Waals surface area contributed by atoms with Gasteiger partial charge in [0, 0.05) is 18.8 Å². The zero-order chi connectivity index (χ0) is 15.4. The second kappa shape index (κ2) is 6.69. The van der Waals surface area contributed by atoms with E-state index in [1.165, 1.54) is 18.3 Å². The first-order chi connectivity index (χ1) is 9.99. The summed E-state index contributed by atoms with van der Waals surface area (Å²) in [5.74, 6) is -2.07. The fraction of sp³-hybridized carbons (Fsp3) is 0.267. The lowest BCUT2D eigenvalue weighted by Crippen LogP contribution is -2.25. The lowest BCUT2D eigenvalue weighted by molar-refractivity contribution is 0.161. The molecule has 2 aromatic rings. The molecule has 1 aromatic carbocycles. The van der Waals surface area contributed by atoms with Crippen molar-refractivity contribution >= 4 is 0 Å². The number of hydrogen-bond acceptors (Lipinski definition) is 3. The van der Waals surface area contributed by atoms with Crippen LogP contribution in [0, 0.1) is 17.5 Å². The van der Waals surface area contributed by atoms with E-state index in [4.69, 9.17) is 0 Å². The number of halogens is 3. The number of nitrogens with zero attached hydrogens (tertiary/aromatic N) is 1. The third-order valence-corrected chi connectivity index (χ3v) is 3.18. The summed E-state index contributed by atoms with van der Waals surface area (Å²) in [5.41, 5.74) is 0.200. The summed E-state index contributed by atoms with van der Waals surface area (Å²) in [6.45, 7) is 1.66. The van der Waals surface area contributed by atoms with Gasteiger partial charge in [0.2, 0.25) is 0 Å². The van der Waals surface area contributed by atoms with Crippen molar-refractivity contribution in [2.45, 2.75) is 19.1 Å². The summed E-state index contributed by atoms with van der Waals surface area (Å²) < 4.78 is 40.1. The Labute approximate surface area is 120 Å². The molecule has 112 valence electrons. The van der Waals surface area contributed by atoms with Crippen molar-refractivity contribution < 1.29 is 18.3 Å². The number of benzene rings is 1. The molecule has 0 amide bonds. The van der Waals surface area contributed by atoms with Gasteiger partial charge in [0.15, 0.2) is 0 Å². The summed E-state index contributed by atoms with van der Waals surface area (Å²) in [7, 11) is 0. The first-order valence-corrected chi connectivity index (χ1v) is 6.45. The Morgan fingerprint density at radius 2 is 1.86 bits per heavy atom. The maximum atomic E-state index is 13.5. The molecular weight excluding hydrogens is 281 g/mol. The summed E-state index contributed by atoms with van der Waals surface area (Å²) in [4.78, 5) is 3.72. The van der Waals surface area contributed by atoms with Crippen LogP contribution in [0.4, 0.5) is 13.2 Å². The van der Waals surface area contributed by atoms with Crippen molar-refractivity contribution in [2.24, 2.45) is 0 Å². The summed E-state index contributed by atoms with van der Waals surface area (Å²) in [5, 5.41) is 12.8. The van der Waals surface area contributed by atoms with Gasteiger partial charge < -0.3 is 10.4 Å². The van der Waals surface area contributed by atoms with Gasteiger partial charge in [-0.25, -0.2) is 13.2 Å². The Morgan fingerprint density at radius 1 is 1.19 bits per heavy atom. The molecular formula is C15H15F3N2O. The first-order valence-electron chi connectivity index (χ1n) is 6.45. The smallest absolute Gasteiger partial charge is 0.141 e. The van der Waals surface area contributed by atoms with Crippen molar-refractivity contribution in [3.8, 4) is 0 Å². The molecule has 1 heterocycles. The number of hydrogen-bond donors (Lipinski definition) is 2. The van der Waals surface area contributed by atoms with Crippen LogP contribution in [0.3, 0.4) is 0 Å². The Balaban J connectivity index is 2.02. The Hall–Kier alpha value is -1.92. The number of rotatable bonds is 5. The lowest BCUT2D eigenvalue weighted by atomic mass is 10.1. The van der Waals surface area contributed by atoms with E-state index in [1.54, 1.807) is 6.92 Å². The van der Waals surface area contributed by atoms with Gasteiger partial charge in [-0.15, -0.1) is 0 Å². The van der Waals surface area contributed by atoms with Crippen molar-refractivity contribution in [2.75, 3.05) is 6.54 Å². The Kier molecular flexibility index (Phi) is 4.93. The van der Waals surface area contributed by atoms with E-state index in [-0.39, 0.29) is 18.2 Å². The maximum Gasteiger partial charge on any atom is 0.141 e. The zero-order valence-corrected chi connectivity index (χ0v) is 11.4. The topological polar surface area (TPSA) is 45.1 Å². The minimum atomic E-state index is -1.34. The van der Waals surface area contributed by atoms with Crippen molar-refractivity contribution in [1.29, 1.82) is 0 Å². The van der Waals surface area contributed by atoms with Gasteiger partial charge in [0.05, 0.1) is 17.9 Å². The highest BCUT2D eigenvalue weighted by Crippen LogP contribution is 2.21. The van der Waals surface area contributed by atoms with E-state index in [9.17, 15) is 18.3 Å². The van der Waals surface area contributed by atoms with Gasteiger partial charge in [-0.1, -0.05) is 6.07 Å². The lowest BCUT2D eigenvalue weighted by Gasteiger charge is -2.18. The summed E-state index contributed by atoms with van der Waals surface area (Å²) in [6.07, 6.45) is 1.23. The van der Waals surface area contributed by atoms with Crippen LogP contribution < -0.4 is 5.32 Å². The molecule has 3 nitrogen and oxygen atoms in total. The molecule has 1 aromatic heterocycles. The maximum absolute atomic E-state index is 13.5. The van der Waals surface area contributed by atoms with Crippen molar-refractivity contribution in [3.05, 3.63) is 65.2 Å². The molecule has 0 bridgehead atoms. The van der Waals surface area contributed by atoms with Crippen LogP contribution in [0.15, 0.2) is 36.7 Å². The minimum Gasteiger partial charge on any atom is -0.387 e. The normalized spacial score (nSPS) is 14.0. The summed E-state index contributed by atoms with van der Waals surface area (Å²) in [6, 6.07) is 4.39.